The molecular formula is C14H18O3. The van der Waals surface area contributed by atoms with E-state index in [9.17, 15) is 15.0 Å². The van der Waals surface area contributed by atoms with Gasteiger partial charge in [0, 0.05) is 5.56 Å². The zero-order chi connectivity index (χ0) is 13.1. The molecule has 0 bridgehead atoms. The van der Waals surface area contributed by atoms with Gasteiger partial charge in [-0.15, -0.1) is 0 Å². The normalized spacial score (nSPS) is 15.4. The summed E-state index contributed by atoms with van der Waals surface area (Å²) < 4.78 is 0. The monoisotopic (exact) mass is 234 g/mol. The van der Waals surface area contributed by atoms with Crippen molar-refractivity contribution >= 4 is 11.5 Å². The standard InChI is InChI=1S/C14H18O3/c1-4-14(3,13(16)17)9-10(2)11-7-5-6-8-12(11)15/h5-9,15H,4H2,1-3H3,(H,16,17)/b10-9-. The van der Waals surface area contributed by atoms with Crippen LogP contribution in [0.2, 0.25) is 0 Å². The minimum atomic E-state index is -0.896. The summed E-state index contributed by atoms with van der Waals surface area (Å²) in [4.78, 5) is 11.2. The average molecular weight is 234 g/mol. The number of hydrogen-bond acceptors (Lipinski definition) is 2. The van der Waals surface area contributed by atoms with Gasteiger partial charge in [0.15, 0.2) is 0 Å². The van der Waals surface area contributed by atoms with Crippen molar-refractivity contribution < 1.29 is 15.0 Å². The molecule has 3 heteroatoms. The fraction of sp³-hybridized carbons (Fsp3) is 0.357. The van der Waals surface area contributed by atoms with Gasteiger partial charge in [0.2, 0.25) is 0 Å². The summed E-state index contributed by atoms with van der Waals surface area (Å²) in [7, 11) is 0. The first-order valence-electron chi connectivity index (χ1n) is 5.62. The molecule has 0 aromatic heterocycles. The van der Waals surface area contributed by atoms with Crippen molar-refractivity contribution in [3.05, 3.63) is 35.9 Å². The molecule has 1 atom stereocenters. The Morgan fingerprint density at radius 2 is 2.00 bits per heavy atom. The Balaban J connectivity index is 3.16. The van der Waals surface area contributed by atoms with Crippen LogP contribution in [0.25, 0.3) is 5.57 Å². The summed E-state index contributed by atoms with van der Waals surface area (Å²) in [5.41, 5.74) is 0.551. The van der Waals surface area contributed by atoms with Crippen molar-refractivity contribution in [2.24, 2.45) is 5.41 Å². The van der Waals surface area contributed by atoms with Gasteiger partial charge in [0.1, 0.15) is 5.75 Å². The topological polar surface area (TPSA) is 57.5 Å². The lowest BCUT2D eigenvalue weighted by molar-refractivity contribution is -0.145. The van der Waals surface area contributed by atoms with Gasteiger partial charge >= 0.3 is 5.97 Å². The molecule has 3 nitrogen and oxygen atoms in total. The molecule has 0 fully saturated rings. The molecular weight excluding hydrogens is 216 g/mol. The SMILES string of the molecule is CCC(C)(/C=C(/C)c1ccccc1O)C(=O)O. The van der Waals surface area contributed by atoms with Crippen LogP contribution in [0.4, 0.5) is 0 Å². The van der Waals surface area contributed by atoms with E-state index in [1.165, 1.54) is 0 Å². The van der Waals surface area contributed by atoms with E-state index in [0.717, 1.165) is 5.57 Å². The lowest BCUT2D eigenvalue weighted by Gasteiger charge is -2.20. The largest absolute Gasteiger partial charge is 0.507 e. The van der Waals surface area contributed by atoms with E-state index in [2.05, 4.69) is 0 Å². The number of phenols is 1. The number of aliphatic carboxylic acids is 1. The van der Waals surface area contributed by atoms with Gasteiger partial charge < -0.3 is 10.2 Å². The van der Waals surface area contributed by atoms with E-state index < -0.39 is 11.4 Å². The van der Waals surface area contributed by atoms with Crippen LogP contribution in [-0.4, -0.2) is 16.2 Å². The predicted molar refractivity (Wildman–Crippen MR) is 67.8 cm³/mol. The summed E-state index contributed by atoms with van der Waals surface area (Å²) >= 11 is 0. The van der Waals surface area contributed by atoms with Crippen LogP contribution in [0.15, 0.2) is 30.3 Å². The second-order valence-electron chi connectivity index (χ2n) is 4.42. The molecule has 17 heavy (non-hydrogen) atoms. The van der Waals surface area contributed by atoms with Crippen molar-refractivity contribution in [2.75, 3.05) is 0 Å². The Labute approximate surface area is 101 Å². The van der Waals surface area contributed by atoms with Crippen molar-refractivity contribution in [1.82, 2.24) is 0 Å². The molecule has 1 aromatic rings. The summed E-state index contributed by atoms with van der Waals surface area (Å²) in [6, 6.07) is 6.93. The van der Waals surface area contributed by atoms with Crippen LogP contribution in [0, 0.1) is 5.41 Å². The third-order valence-corrected chi connectivity index (χ3v) is 3.09. The zero-order valence-electron chi connectivity index (χ0n) is 10.4. The molecule has 0 spiro atoms. The fourth-order valence-corrected chi connectivity index (χ4v) is 1.68. The smallest absolute Gasteiger partial charge is 0.313 e. The number of aromatic hydroxyl groups is 1. The number of carbonyl (C=O) groups is 1. The number of allylic oxidation sites excluding steroid dienone is 1. The molecule has 0 aliphatic heterocycles. The lowest BCUT2D eigenvalue weighted by atomic mass is 9.84. The number of carboxylic acid groups (broad SMARTS) is 1. The highest BCUT2D eigenvalue weighted by Gasteiger charge is 2.28. The lowest BCUT2D eigenvalue weighted by Crippen LogP contribution is -2.24. The van der Waals surface area contributed by atoms with Gasteiger partial charge in [0.25, 0.3) is 0 Å². The van der Waals surface area contributed by atoms with E-state index in [0.29, 0.717) is 12.0 Å². The Kier molecular flexibility index (Phi) is 3.94. The minimum absolute atomic E-state index is 0.171. The van der Waals surface area contributed by atoms with Crippen molar-refractivity contribution in [2.45, 2.75) is 27.2 Å². The summed E-state index contributed by atoms with van der Waals surface area (Å²) in [5.74, 6) is -0.681. The van der Waals surface area contributed by atoms with Gasteiger partial charge in [0.05, 0.1) is 5.41 Å². The van der Waals surface area contributed by atoms with Crippen LogP contribution in [0.3, 0.4) is 0 Å². The highest BCUT2D eigenvalue weighted by atomic mass is 16.4. The molecule has 92 valence electrons. The molecule has 0 aliphatic rings. The van der Waals surface area contributed by atoms with Crippen molar-refractivity contribution in [3.8, 4) is 5.75 Å². The third-order valence-electron chi connectivity index (χ3n) is 3.09. The highest BCUT2D eigenvalue weighted by molar-refractivity contribution is 5.81. The first kappa shape index (κ1) is 13.3. The molecule has 0 aliphatic carbocycles. The van der Waals surface area contributed by atoms with Crippen molar-refractivity contribution in [3.63, 3.8) is 0 Å². The molecule has 0 saturated heterocycles. The number of phenolic OH excluding ortho intramolecular Hbond substituents is 1. The third kappa shape index (κ3) is 2.87. The molecule has 0 amide bonds. The van der Waals surface area contributed by atoms with Gasteiger partial charge in [-0.2, -0.15) is 0 Å². The van der Waals surface area contributed by atoms with E-state index >= 15 is 0 Å². The predicted octanol–water partition coefficient (Wildman–Crippen LogP) is 3.30. The van der Waals surface area contributed by atoms with E-state index in [4.69, 9.17) is 0 Å². The summed E-state index contributed by atoms with van der Waals surface area (Å²) in [6.07, 6.45) is 2.21. The Hall–Kier alpha value is -1.77. The van der Waals surface area contributed by atoms with Crippen LogP contribution >= 0.6 is 0 Å². The van der Waals surface area contributed by atoms with Crippen molar-refractivity contribution in [1.29, 1.82) is 0 Å². The van der Waals surface area contributed by atoms with Crippen LogP contribution in [-0.2, 0) is 4.79 Å². The number of carboxylic acids is 1. The molecule has 0 radical (unpaired) electrons. The molecule has 0 heterocycles. The average Bonchev–Trinajstić information content (AvgIpc) is 2.29. The number of hydrogen-bond donors (Lipinski definition) is 2. The first-order chi connectivity index (χ1) is 7.90. The number of para-hydroxylation sites is 1. The Morgan fingerprint density at radius 3 is 2.47 bits per heavy atom. The van der Waals surface area contributed by atoms with Gasteiger partial charge in [-0.3, -0.25) is 4.79 Å². The number of rotatable bonds is 4. The van der Waals surface area contributed by atoms with E-state index in [1.807, 2.05) is 19.9 Å². The molecule has 2 N–H and O–H groups in total. The second-order valence-corrected chi connectivity index (χ2v) is 4.42. The van der Waals surface area contributed by atoms with Gasteiger partial charge in [-0.25, -0.2) is 0 Å². The zero-order valence-corrected chi connectivity index (χ0v) is 10.4. The second kappa shape index (κ2) is 5.04. The highest BCUT2D eigenvalue weighted by Crippen LogP contribution is 2.31. The van der Waals surface area contributed by atoms with E-state index in [-0.39, 0.29) is 5.75 Å². The summed E-state index contributed by atoms with van der Waals surface area (Å²) in [5, 5.41) is 18.9. The summed E-state index contributed by atoms with van der Waals surface area (Å²) in [6.45, 7) is 5.33. The van der Waals surface area contributed by atoms with Crippen LogP contribution in [0.1, 0.15) is 32.8 Å². The van der Waals surface area contributed by atoms with Gasteiger partial charge in [-0.1, -0.05) is 31.2 Å². The fourth-order valence-electron chi connectivity index (χ4n) is 1.68. The van der Waals surface area contributed by atoms with Gasteiger partial charge in [-0.05, 0) is 31.9 Å². The first-order valence-corrected chi connectivity index (χ1v) is 5.62. The van der Waals surface area contributed by atoms with Crippen LogP contribution in [0.5, 0.6) is 5.75 Å². The minimum Gasteiger partial charge on any atom is -0.507 e. The Morgan fingerprint density at radius 1 is 1.41 bits per heavy atom. The quantitative estimate of drug-likeness (QED) is 0.840. The molecule has 1 unspecified atom stereocenters. The number of benzene rings is 1. The maximum absolute atomic E-state index is 11.2. The molecule has 0 saturated carbocycles. The molecule has 1 aromatic carbocycles. The maximum Gasteiger partial charge on any atom is 0.313 e. The molecule has 1 rings (SSSR count). The maximum atomic E-state index is 11.2. The Bertz CT molecular complexity index is 449. The van der Waals surface area contributed by atoms with E-state index in [1.54, 1.807) is 31.2 Å². The van der Waals surface area contributed by atoms with Crippen LogP contribution < -0.4 is 0 Å².